The largest absolute Gasteiger partial charge is 0.507 e. The molecule has 1 aromatic heterocycles. The highest BCUT2D eigenvalue weighted by molar-refractivity contribution is 9.10. The highest BCUT2D eigenvalue weighted by Crippen LogP contribution is 2.39. The molecule has 0 amide bonds. The van der Waals surface area contributed by atoms with Crippen LogP contribution in [-0.4, -0.2) is 26.3 Å². The number of carboxylic acids is 1. The van der Waals surface area contributed by atoms with Gasteiger partial charge in [0.25, 0.3) is 0 Å². The lowest BCUT2D eigenvalue weighted by Gasteiger charge is -2.12. The summed E-state index contributed by atoms with van der Waals surface area (Å²) >= 11 is 3.30. The van der Waals surface area contributed by atoms with Gasteiger partial charge >= 0.3 is 5.97 Å². The van der Waals surface area contributed by atoms with Crippen LogP contribution in [0.25, 0.3) is 21.8 Å². The predicted octanol–water partition coefficient (Wildman–Crippen LogP) is 3.57. The normalized spacial score (nSPS) is 11.1. The third-order valence-electron chi connectivity index (χ3n) is 3.44. The quantitative estimate of drug-likeness (QED) is 0.585. The highest BCUT2D eigenvalue weighted by Gasteiger charge is 2.21. The van der Waals surface area contributed by atoms with Crippen LogP contribution in [0.15, 0.2) is 28.7 Å². The van der Waals surface area contributed by atoms with E-state index in [0.717, 1.165) is 0 Å². The van der Waals surface area contributed by atoms with Gasteiger partial charge in [0.2, 0.25) is 0 Å². The molecule has 3 rings (SSSR count). The van der Waals surface area contributed by atoms with Crippen molar-refractivity contribution in [1.29, 1.82) is 0 Å². The second-order valence-corrected chi connectivity index (χ2v) is 5.63. The zero-order chi connectivity index (χ0) is 15.3. The maximum atomic E-state index is 11.7. The molecule has 0 bridgehead atoms. The molecule has 3 N–H and O–H groups in total. The number of benzene rings is 2. The molecular weight excluding hydrogens is 338 g/mol. The van der Waals surface area contributed by atoms with Crippen molar-refractivity contribution < 1.29 is 20.1 Å². The lowest BCUT2D eigenvalue weighted by molar-refractivity contribution is 0.0700. The van der Waals surface area contributed by atoms with Gasteiger partial charge in [0.05, 0.1) is 22.0 Å². The van der Waals surface area contributed by atoms with Crippen molar-refractivity contribution in [3.8, 4) is 11.5 Å². The van der Waals surface area contributed by atoms with Gasteiger partial charge in [-0.2, -0.15) is 0 Å². The standard InChI is InChI=1S/C15H10BrNO4/c1-6-11(18)5-10-13(14(6)19)12(15(20)21)8-4-7(16)2-3-9(8)17-10/h2-5,18-19H,1H3,(H,20,21). The van der Waals surface area contributed by atoms with E-state index in [1.165, 1.54) is 13.0 Å². The van der Waals surface area contributed by atoms with Crippen LogP contribution < -0.4 is 0 Å². The number of aromatic nitrogens is 1. The van der Waals surface area contributed by atoms with Crippen LogP contribution in [0.4, 0.5) is 0 Å². The number of hydrogen-bond acceptors (Lipinski definition) is 4. The lowest BCUT2D eigenvalue weighted by atomic mass is 9.99. The Morgan fingerprint density at radius 1 is 1.19 bits per heavy atom. The number of rotatable bonds is 1. The zero-order valence-corrected chi connectivity index (χ0v) is 12.5. The predicted molar refractivity (Wildman–Crippen MR) is 82.0 cm³/mol. The third-order valence-corrected chi connectivity index (χ3v) is 3.93. The van der Waals surface area contributed by atoms with E-state index in [-0.39, 0.29) is 33.5 Å². The minimum absolute atomic E-state index is 0.0306. The van der Waals surface area contributed by atoms with Crippen molar-refractivity contribution in [2.45, 2.75) is 6.92 Å². The number of carboxylic acid groups (broad SMARTS) is 1. The maximum absolute atomic E-state index is 11.7. The Morgan fingerprint density at radius 3 is 2.57 bits per heavy atom. The smallest absolute Gasteiger partial charge is 0.337 e. The summed E-state index contributed by atoms with van der Waals surface area (Å²) in [5.74, 6) is -1.55. The van der Waals surface area contributed by atoms with Crippen LogP contribution in [0.2, 0.25) is 0 Å². The van der Waals surface area contributed by atoms with E-state index in [0.29, 0.717) is 15.4 Å². The molecule has 0 aliphatic heterocycles. The summed E-state index contributed by atoms with van der Waals surface area (Å²) in [4.78, 5) is 16.0. The summed E-state index contributed by atoms with van der Waals surface area (Å²) in [7, 11) is 0. The second-order valence-electron chi connectivity index (χ2n) is 4.72. The number of phenolic OH excluding ortho intramolecular Hbond substituents is 2. The first kappa shape index (κ1) is 13.6. The third kappa shape index (κ3) is 1.99. The van der Waals surface area contributed by atoms with E-state index in [9.17, 15) is 20.1 Å². The number of phenols is 2. The number of halogens is 1. The molecule has 2 aromatic carbocycles. The van der Waals surface area contributed by atoms with Crippen molar-refractivity contribution in [3.63, 3.8) is 0 Å². The number of aromatic carboxylic acids is 1. The number of aromatic hydroxyl groups is 2. The van der Waals surface area contributed by atoms with Crippen molar-refractivity contribution in [2.24, 2.45) is 0 Å². The minimum Gasteiger partial charge on any atom is -0.507 e. The van der Waals surface area contributed by atoms with Crippen LogP contribution in [0.5, 0.6) is 11.5 Å². The fraction of sp³-hybridized carbons (Fsp3) is 0.0667. The molecule has 0 aliphatic carbocycles. The van der Waals surface area contributed by atoms with E-state index in [1.807, 2.05) is 0 Å². The number of nitrogens with zero attached hydrogens (tertiary/aromatic N) is 1. The van der Waals surface area contributed by atoms with Gasteiger partial charge < -0.3 is 15.3 Å². The molecule has 0 saturated carbocycles. The van der Waals surface area contributed by atoms with Crippen molar-refractivity contribution in [1.82, 2.24) is 4.98 Å². The zero-order valence-electron chi connectivity index (χ0n) is 10.9. The topological polar surface area (TPSA) is 90.7 Å². The Balaban J connectivity index is 2.65. The van der Waals surface area contributed by atoms with E-state index < -0.39 is 5.97 Å². The first-order valence-electron chi connectivity index (χ1n) is 6.08. The molecule has 0 unspecified atom stereocenters. The molecule has 0 aliphatic rings. The molecule has 21 heavy (non-hydrogen) atoms. The number of hydrogen-bond donors (Lipinski definition) is 3. The van der Waals surface area contributed by atoms with E-state index in [4.69, 9.17) is 0 Å². The van der Waals surface area contributed by atoms with Gasteiger partial charge in [0.1, 0.15) is 11.5 Å². The van der Waals surface area contributed by atoms with Crippen LogP contribution in [-0.2, 0) is 0 Å². The summed E-state index contributed by atoms with van der Waals surface area (Å²) in [5.41, 5.74) is 0.909. The number of fused-ring (bicyclic) bond motifs is 2. The summed E-state index contributed by atoms with van der Waals surface area (Å²) in [6.45, 7) is 1.51. The minimum atomic E-state index is -1.16. The highest BCUT2D eigenvalue weighted by atomic mass is 79.9. The number of pyridine rings is 1. The molecule has 0 fully saturated rings. The fourth-order valence-corrected chi connectivity index (χ4v) is 2.73. The second kappa shape index (κ2) is 4.60. The van der Waals surface area contributed by atoms with Crippen molar-refractivity contribution in [2.75, 3.05) is 0 Å². The van der Waals surface area contributed by atoms with Gasteiger partial charge in [-0.15, -0.1) is 0 Å². The molecule has 1 heterocycles. The van der Waals surface area contributed by atoms with Crippen LogP contribution in [0, 0.1) is 6.92 Å². The van der Waals surface area contributed by atoms with Gasteiger partial charge in [0, 0.05) is 21.5 Å². The Kier molecular flexibility index (Phi) is 2.98. The summed E-state index contributed by atoms with van der Waals surface area (Å²) < 4.78 is 0.716. The number of carbonyl (C=O) groups is 1. The van der Waals surface area contributed by atoms with Crippen LogP contribution in [0.3, 0.4) is 0 Å². The lowest BCUT2D eigenvalue weighted by Crippen LogP contribution is -2.02. The molecule has 3 aromatic rings. The molecule has 106 valence electrons. The Labute approximate surface area is 127 Å². The van der Waals surface area contributed by atoms with Crippen LogP contribution in [0.1, 0.15) is 15.9 Å². The average molecular weight is 348 g/mol. The van der Waals surface area contributed by atoms with E-state index in [2.05, 4.69) is 20.9 Å². The van der Waals surface area contributed by atoms with Crippen molar-refractivity contribution in [3.05, 3.63) is 39.9 Å². The van der Waals surface area contributed by atoms with Crippen LogP contribution >= 0.6 is 15.9 Å². The first-order valence-corrected chi connectivity index (χ1v) is 6.87. The Morgan fingerprint density at radius 2 is 1.90 bits per heavy atom. The summed E-state index contributed by atoms with van der Waals surface area (Å²) in [6.07, 6.45) is 0. The SMILES string of the molecule is Cc1c(O)cc2nc3ccc(Br)cc3c(C(=O)O)c2c1O. The molecule has 0 atom stereocenters. The Bertz CT molecular complexity index is 921. The fourth-order valence-electron chi connectivity index (χ4n) is 2.37. The van der Waals surface area contributed by atoms with E-state index in [1.54, 1.807) is 18.2 Å². The van der Waals surface area contributed by atoms with Crippen molar-refractivity contribution >= 4 is 43.7 Å². The molecule has 5 nitrogen and oxygen atoms in total. The van der Waals surface area contributed by atoms with E-state index >= 15 is 0 Å². The Hall–Kier alpha value is -2.34. The first-order chi connectivity index (χ1) is 9.90. The molecule has 0 saturated heterocycles. The summed E-state index contributed by atoms with van der Waals surface area (Å²) in [6, 6.07) is 6.44. The maximum Gasteiger partial charge on any atom is 0.337 e. The van der Waals surface area contributed by atoms with Gasteiger partial charge in [-0.3, -0.25) is 0 Å². The monoisotopic (exact) mass is 347 g/mol. The summed E-state index contributed by atoms with van der Waals surface area (Å²) in [5, 5.41) is 30.1. The molecule has 0 spiro atoms. The van der Waals surface area contributed by atoms with Gasteiger partial charge in [-0.05, 0) is 25.1 Å². The average Bonchev–Trinajstić information content (AvgIpc) is 2.43. The molecule has 0 radical (unpaired) electrons. The van der Waals surface area contributed by atoms with Gasteiger partial charge in [-0.1, -0.05) is 15.9 Å². The molecular formula is C15H10BrNO4. The van der Waals surface area contributed by atoms with Gasteiger partial charge in [-0.25, -0.2) is 9.78 Å². The van der Waals surface area contributed by atoms with Gasteiger partial charge in [0.15, 0.2) is 0 Å². The molecule has 6 heteroatoms.